The lowest BCUT2D eigenvalue weighted by atomic mass is 9.99. The molecule has 6 N–H and O–H groups in total. The Kier molecular flexibility index (Phi) is 45.4. The van der Waals surface area contributed by atoms with E-state index in [2.05, 4.69) is 31.3 Å². The van der Waals surface area contributed by atoms with Crippen LogP contribution in [-0.2, 0) is 14.3 Å². The van der Waals surface area contributed by atoms with E-state index >= 15 is 0 Å². The van der Waals surface area contributed by atoms with Crippen molar-refractivity contribution in [3.63, 3.8) is 0 Å². The average Bonchev–Trinajstić information content (AvgIpc) is 3.32. The Morgan fingerprint density at radius 2 is 0.848 bits per heavy atom. The van der Waals surface area contributed by atoms with Crippen LogP contribution in [0, 0.1) is 0 Å². The number of nitrogens with one attached hydrogen (secondary N) is 1. The molecular formula is C57H111NO8. The first-order valence-electron chi connectivity index (χ1n) is 28.9. The molecule has 66 heavy (non-hydrogen) atoms. The van der Waals surface area contributed by atoms with Crippen molar-refractivity contribution in [3.8, 4) is 0 Å². The van der Waals surface area contributed by atoms with Crippen LogP contribution >= 0.6 is 0 Å². The number of hydrogen-bond acceptors (Lipinski definition) is 8. The highest BCUT2D eigenvalue weighted by Gasteiger charge is 2.44. The van der Waals surface area contributed by atoms with Crippen molar-refractivity contribution in [3.05, 3.63) is 12.2 Å². The number of hydrogen-bond donors (Lipinski definition) is 6. The van der Waals surface area contributed by atoms with E-state index in [1.165, 1.54) is 212 Å². The number of aliphatic hydroxyl groups is 5. The molecule has 7 atom stereocenters. The van der Waals surface area contributed by atoms with E-state index < -0.39 is 49.5 Å². The molecule has 1 aliphatic heterocycles. The maximum absolute atomic E-state index is 13.0. The first kappa shape index (κ1) is 62.9. The number of allylic oxidation sites excluding steroid dienone is 2. The van der Waals surface area contributed by atoms with Crippen LogP contribution in [-0.4, -0.2) is 87.5 Å². The summed E-state index contributed by atoms with van der Waals surface area (Å²) in [6.45, 7) is 3.86. The van der Waals surface area contributed by atoms with Gasteiger partial charge in [-0.15, -0.1) is 0 Å². The highest BCUT2D eigenvalue weighted by Crippen LogP contribution is 2.23. The fourth-order valence-corrected chi connectivity index (χ4v) is 9.51. The number of amides is 1. The van der Waals surface area contributed by atoms with Gasteiger partial charge in [-0.1, -0.05) is 257 Å². The van der Waals surface area contributed by atoms with Gasteiger partial charge < -0.3 is 40.3 Å². The van der Waals surface area contributed by atoms with Gasteiger partial charge in [-0.3, -0.25) is 4.79 Å². The molecule has 9 nitrogen and oxygen atoms in total. The lowest BCUT2D eigenvalue weighted by Gasteiger charge is -2.40. The van der Waals surface area contributed by atoms with Crippen molar-refractivity contribution in [2.24, 2.45) is 0 Å². The van der Waals surface area contributed by atoms with Crippen molar-refractivity contribution >= 4 is 5.91 Å². The minimum atomic E-state index is -1.55. The maximum atomic E-state index is 13.0. The predicted octanol–water partition coefficient (Wildman–Crippen LogP) is 14.0. The van der Waals surface area contributed by atoms with Crippen molar-refractivity contribution in [2.75, 3.05) is 13.2 Å². The second-order valence-electron chi connectivity index (χ2n) is 20.4. The molecule has 0 spiro atoms. The third kappa shape index (κ3) is 36.9. The van der Waals surface area contributed by atoms with Crippen LogP contribution in [0.3, 0.4) is 0 Å². The summed E-state index contributed by atoms with van der Waals surface area (Å²) in [6, 6.07) is -0.720. The summed E-state index contributed by atoms with van der Waals surface area (Å²) >= 11 is 0. The Morgan fingerprint density at radius 1 is 0.500 bits per heavy atom. The third-order valence-corrected chi connectivity index (χ3v) is 14.1. The monoisotopic (exact) mass is 938 g/mol. The van der Waals surface area contributed by atoms with E-state index in [-0.39, 0.29) is 12.5 Å². The van der Waals surface area contributed by atoms with E-state index in [1.54, 1.807) is 0 Å². The second kappa shape index (κ2) is 47.6. The van der Waals surface area contributed by atoms with Gasteiger partial charge in [0.05, 0.1) is 25.4 Å². The van der Waals surface area contributed by atoms with Gasteiger partial charge in [-0.2, -0.15) is 0 Å². The number of carbonyl (C=O) groups excluding carboxylic acids is 1. The molecule has 0 aromatic rings. The van der Waals surface area contributed by atoms with Gasteiger partial charge in [-0.25, -0.2) is 0 Å². The number of ether oxygens (including phenoxy) is 2. The average molecular weight is 939 g/mol. The first-order valence-corrected chi connectivity index (χ1v) is 28.9. The molecule has 9 heteroatoms. The summed E-state index contributed by atoms with van der Waals surface area (Å²) in [5.74, 6) is -0.149. The van der Waals surface area contributed by atoms with Crippen LogP contribution in [0.25, 0.3) is 0 Å². The summed E-state index contributed by atoms with van der Waals surface area (Å²) in [6.07, 6.45) is 51.1. The molecule has 0 aliphatic carbocycles. The van der Waals surface area contributed by atoms with Gasteiger partial charge >= 0.3 is 0 Å². The Morgan fingerprint density at radius 3 is 1.23 bits per heavy atom. The van der Waals surface area contributed by atoms with Crippen LogP contribution in [0.15, 0.2) is 12.2 Å². The van der Waals surface area contributed by atoms with Crippen LogP contribution < -0.4 is 5.32 Å². The SMILES string of the molecule is CCCCCCCC/C=C\CCCCCCCC(=O)NC(COC1OC(CO)C(O)C(O)C1O)C(O)CCCCCCCCCCCCCCCCCCCCCCCCCCCCCC. The number of unbranched alkanes of at least 4 members (excludes halogenated alkanes) is 38. The van der Waals surface area contributed by atoms with E-state index in [0.717, 1.165) is 51.4 Å². The lowest BCUT2D eigenvalue weighted by molar-refractivity contribution is -0.302. The zero-order valence-corrected chi connectivity index (χ0v) is 43.5. The normalized spacial score (nSPS) is 19.8. The fraction of sp³-hybridized carbons (Fsp3) is 0.947. The molecule has 1 saturated heterocycles. The van der Waals surface area contributed by atoms with E-state index in [0.29, 0.717) is 12.8 Å². The minimum absolute atomic E-state index is 0.137. The Hall–Kier alpha value is -1.07. The van der Waals surface area contributed by atoms with E-state index in [9.17, 15) is 30.3 Å². The zero-order chi connectivity index (χ0) is 48.0. The topological polar surface area (TPSA) is 149 Å². The zero-order valence-electron chi connectivity index (χ0n) is 43.5. The number of aliphatic hydroxyl groups excluding tert-OH is 5. The molecule has 0 radical (unpaired) electrons. The Labute approximate surface area is 407 Å². The van der Waals surface area contributed by atoms with Gasteiger partial charge in [0.1, 0.15) is 24.4 Å². The highest BCUT2D eigenvalue weighted by atomic mass is 16.7. The molecule has 0 aromatic carbocycles. The first-order chi connectivity index (χ1) is 32.3. The van der Waals surface area contributed by atoms with Crippen LogP contribution in [0.4, 0.5) is 0 Å². The standard InChI is InChI=1S/C57H111NO8/c1-3-5-7-9-11-13-15-17-19-20-21-22-23-24-25-26-27-28-29-30-31-33-34-36-38-40-42-44-46-51(60)50(49-65-57-56(64)55(63)54(62)52(48-59)66-57)58-53(61)47-45-43-41-39-37-35-32-18-16-14-12-10-8-6-4-2/h18,32,50-52,54-57,59-60,62-64H,3-17,19-31,33-49H2,1-2H3,(H,58,61)/b32-18-. The Balaban J connectivity index is 2.16. The minimum Gasteiger partial charge on any atom is -0.394 e. The smallest absolute Gasteiger partial charge is 0.220 e. The fourth-order valence-electron chi connectivity index (χ4n) is 9.51. The molecule has 0 saturated carbocycles. The Bertz CT molecular complexity index is 1040. The molecule has 392 valence electrons. The molecule has 1 amide bonds. The molecule has 1 fully saturated rings. The number of carbonyl (C=O) groups is 1. The molecule has 0 aromatic heterocycles. The van der Waals surface area contributed by atoms with Gasteiger partial charge in [0.15, 0.2) is 6.29 Å². The van der Waals surface area contributed by atoms with Crippen LogP contribution in [0.2, 0.25) is 0 Å². The van der Waals surface area contributed by atoms with Crippen LogP contribution in [0.5, 0.6) is 0 Å². The van der Waals surface area contributed by atoms with Gasteiger partial charge in [0, 0.05) is 6.42 Å². The van der Waals surface area contributed by atoms with E-state index in [4.69, 9.17) is 9.47 Å². The quantitative estimate of drug-likeness (QED) is 0.0261. The van der Waals surface area contributed by atoms with Crippen LogP contribution in [0.1, 0.15) is 290 Å². The predicted molar refractivity (Wildman–Crippen MR) is 277 cm³/mol. The maximum Gasteiger partial charge on any atom is 0.220 e. The van der Waals surface area contributed by atoms with Crippen molar-refractivity contribution in [2.45, 2.75) is 333 Å². The van der Waals surface area contributed by atoms with E-state index in [1.807, 2.05) is 0 Å². The highest BCUT2D eigenvalue weighted by molar-refractivity contribution is 5.76. The lowest BCUT2D eigenvalue weighted by Crippen LogP contribution is -2.60. The second-order valence-corrected chi connectivity index (χ2v) is 20.4. The van der Waals surface area contributed by atoms with Crippen molar-refractivity contribution < 1.29 is 39.8 Å². The largest absolute Gasteiger partial charge is 0.394 e. The molecule has 1 heterocycles. The van der Waals surface area contributed by atoms with Crippen molar-refractivity contribution in [1.82, 2.24) is 5.32 Å². The summed E-state index contributed by atoms with van der Waals surface area (Å²) in [4.78, 5) is 13.0. The summed E-state index contributed by atoms with van der Waals surface area (Å²) in [5, 5.41) is 54.6. The number of rotatable bonds is 50. The molecular weight excluding hydrogens is 827 g/mol. The summed E-state index contributed by atoms with van der Waals surface area (Å²) in [7, 11) is 0. The molecule has 7 unspecified atom stereocenters. The molecule has 1 aliphatic rings. The van der Waals surface area contributed by atoms with Gasteiger partial charge in [0.2, 0.25) is 5.91 Å². The van der Waals surface area contributed by atoms with Gasteiger partial charge in [0.25, 0.3) is 0 Å². The third-order valence-electron chi connectivity index (χ3n) is 14.1. The molecule has 0 bridgehead atoms. The summed E-state index contributed by atoms with van der Waals surface area (Å²) in [5.41, 5.74) is 0. The molecule has 1 rings (SSSR count). The van der Waals surface area contributed by atoms with Gasteiger partial charge in [-0.05, 0) is 38.5 Å². The summed E-state index contributed by atoms with van der Waals surface area (Å²) < 4.78 is 11.3. The van der Waals surface area contributed by atoms with Crippen molar-refractivity contribution in [1.29, 1.82) is 0 Å².